The summed E-state index contributed by atoms with van der Waals surface area (Å²) >= 11 is 1.27. The number of para-hydroxylation sites is 1. The summed E-state index contributed by atoms with van der Waals surface area (Å²) in [4.78, 5) is 43.6. The number of fused-ring (bicyclic) bond motifs is 1. The molecule has 0 radical (unpaired) electrons. The number of nitrogens with zero attached hydrogens (tertiary/aromatic N) is 4. The second kappa shape index (κ2) is 10.4. The van der Waals surface area contributed by atoms with Crippen LogP contribution in [0, 0.1) is 15.9 Å². The molecular formula is C27H23FN4O4S. The van der Waals surface area contributed by atoms with Gasteiger partial charge in [-0.1, -0.05) is 42.1 Å². The van der Waals surface area contributed by atoms with Crippen molar-refractivity contribution in [3.8, 4) is 0 Å². The van der Waals surface area contributed by atoms with Crippen molar-refractivity contribution in [3.63, 3.8) is 0 Å². The van der Waals surface area contributed by atoms with Crippen LogP contribution in [0.4, 0.5) is 21.5 Å². The number of nitro groups is 1. The molecule has 0 aromatic heterocycles. The summed E-state index contributed by atoms with van der Waals surface area (Å²) < 4.78 is 14.3. The van der Waals surface area contributed by atoms with Gasteiger partial charge in [0, 0.05) is 54.5 Å². The van der Waals surface area contributed by atoms with Gasteiger partial charge >= 0.3 is 0 Å². The zero-order valence-electron chi connectivity index (χ0n) is 19.7. The van der Waals surface area contributed by atoms with Crippen LogP contribution in [0.1, 0.15) is 5.56 Å². The maximum Gasteiger partial charge on any atom is 0.269 e. The van der Waals surface area contributed by atoms with Crippen LogP contribution in [0.5, 0.6) is 0 Å². The summed E-state index contributed by atoms with van der Waals surface area (Å²) in [6.45, 7) is 1.95. The Bertz CT molecular complexity index is 1390. The molecule has 8 nitrogen and oxygen atoms in total. The fourth-order valence-electron chi connectivity index (χ4n) is 4.39. The number of rotatable bonds is 5. The minimum Gasteiger partial charge on any atom is -0.368 e. The van der Waals surface area contributed by atoms with Gasteiger partial charge in [-0.05, 0) is 36.4 Å². The standard InChI is InChI=1S/C27H23FN4O4S/c28-22-6-2-1-5-19(22)17-25-27(34)31(23-7-3-4-8-24(23)37-25)18-26(33)30-15-13-29(14-16-30)20-9-11-21(12-10-20)32(35)36/h1-12,17H,13-16,18H2/b25-17-. The Morgan fingerprint density at radius 1 is 0.973 bits per heavy atom. The average molecular weight is 519 g/mol. The number of carbonyl (C=O) groups is 2. The second-order valence-corrected chi connectivity index (χ2v) is 9.72. The summed E-state index contributed by atoms with van der Waals surface area (Å²) in [5.74, 6) is -0.941. The van der Waals surface area contributed by atoms with Gasteiger partial charge in [0.25, 0.3) is 11.6 Å². The first-order valence-electron chi connectivity index (χ1n) is 11.7. The average Bonchev–Trinajstić information content (AvgIpc) is 2.92. The zero-order chi connectivity index (χ0) is 25.9. The first-order chi connectivity index (χ1) is 17.9. The highest BCUT2D eigenvalue weighted by Crippen LogP contribution is 2.42. The number of hydrogen-bond acceptors (Lipinski definition) is 6. The maximum absolute atomic E-state index is 14.3. The van der Waals surface area contributed by atoms with E-state index in [9.17, 15) is 24.1 Å². The largest absolute Gasteiger partial charge is 0.368 e. The lowest BCUT2D eigenvalue weighted by atomic mass is 10.2. The van der Waals surface area contributed by atoms with Crippen LogP contribution in [-0.4, -0.2) is 54.4 Å². The van der Waals surface area contributed by atoms with Crippen molar-refractivity contribution in [2.75, 3.05) is 42.5 Å². The highest BCUT2D eigenvalue weighted by Gasteiger charge is 2.32. The Kier molecular flexibility index (Phi) is 6.91. The number of non-ortho nitro benzene ring substituents is 1. The molecule has 0 aliphatic carbocycles. The summed E-state index contributed by atoms with van der Waals surface area (Å²) in [6.07, 6.45) is 1.53. The molecule has 2 aliphatic rings. The van der Waals surface area contributed by atoms with Crippen LogP contribution in [0.25, 0.3) is 6.08 Å². The van der Waals surface area contributed by atoms with Gasteiger partial charge in [0.2, 0.25) is 5.91 Å². The molecule has 5 rings (SSSR count). The van der Waals surface area contributed by atoms with Gasteiger partial charge < -0.3 is 9.80 Å². The molecule has 0 unspecified atom stereocenters. The lowest BCUT2D eigenvalue weighted by Gasteiger charge is -2.37. The maximum atomic E-state index is 14.3. The molecule has 0 bridgehead atoms. The molecule has 3 aromatic rings. The Labute approximate surface area is 217 Å². The zero-order valence-corrected chi connectivity index (χ0v) is 20.6. The first-order valence-corrected chi connectivity index (χ1v) is 12.5. The predicted molar refractivity (Wildman–Crippen MR) is 141 cm³/mol. The van der Waals surface area contributed by atoms with E-state index in [-0.39, 0.29) is 24.0 Å². The minimum absolute atomic E-state index is 0.0330. The minimum atomic E-state index is -0.435. The fourth-order valence-corrected chi connectivity index (χ4v) is 5.44. The number of anilines is 2. The summed E-state index contributed by atoms with van der Waals surface area (Å²) in [7, 11) is 0. The number of thioether (sulfide) groups is 1. The van der Waals surface area contributed by atoms with E-state index in [1.54, 1.807) is 41.3 Å². The Balaban J connectivity index is 1.29. The van der Waals surface area contributed by atoms with Gasteiger partial charge in [-0.25, -0.2) is 4.39 Å². The van der Waals surface area contributed by atoms with Crippen LogP contribution in [0.3, 0.4) is 0 Å². The van der Waals surface area contributed by atoms with Gasteiger partial charge in [0.1, 0.15) is 12.4 Å². The van der Waals surface area contributed by atoms with Gasteiger partial charge in [0.05, 0.1) is 15.5 Å². The molecule has 0 N–H and O–H groups in total. The molecule has 2 aliphatic heterocycles. The van der Waals surface area contributed by atoms with Crippen molar-refractivity contribution >= 4 is 46.7 Å². The normalized spacial score (nSPS) is 16.6. The monoisotopic (exact) mass is 518 g/mol. The van der Waals surface area contributed by atoms with Crippen LogP contribution in [0.2, 0.25) is 0 Å². The van der Waals surface area contributed by atoms with E-state index in [4.69, 9.17) is 0 Å². The predicted octanol–water partition coefficient (Wildman–Crippen LogP) is 4.56. The summed E-state index contributed by atoms with van der Waals surface area (Å²) in [6, 6.07) is 20.0. The number of amides is 2. The van der Waals surface area contributed by atoms with Gasteiger partial charge in [0.15, 0.2) is 0 Å². The molecule has 1 fully saturated rings. The number of nitro benzene ring substituents is 1. The molecule has 0 saturated carbocycles. The van der Waals surface area contributed by atoms with Crippen molar-refractivity contribution in [2.45, 2.75) is 4.90 Å². The number of hydrogen-bond donors (Lipinski definition) is 0. The van der Waals surface area contributed by atoms with E-state index < -0.39 is 10.7 Å². The third-order valence-corrected chi connectivity index (χ3v) is 7.45. The molecule has 2 heterocycles. The van der Waals surface area contributed by atoms with Crippen LogP contribution in [0.15, 0.2) is 82.6 Å². The lowest BCUT2D eigenvalue weighted by Crippen LogP contribution is -2.52. The first kappa shape index (κ1) is 24.5. The van der Waals surface area contributed by atoms with Crippen molar-refractivity contribution in [2.24, 2.45) is 0 Å². The highest BCUT2D eigenvalue weighted by molar-refractivity contribution is 8.04. The van der Waals surface area contributed by atoms with E-state index in [0.717, 1.165) is 10.6 Å². The third kappa shape index (κ3) is 5.19. The molecule has 2 amide bonds. The smallest absolute Gasteiger partial charge is 0.269 e. The van der Waals surface area contributed by atoms with Gasteiger partial charge in [-0.3, -0.25) is 24.6 Å². The Morgan fingerprint density at radius 2 is 1.65 bits per heavy atom. The SMILES string of the molecule is O=C(CN1C(=O)/C(=C/c2ccccc2F)Sc2ccccc21)N1CCN(c2ccc([N+](=O)[O-])cc2)CC1. The molecule has 3 aromatic carbocycles. The van der Waals surface area contributed by atoms with Crippen molar-refractivity contribution in [1.82, 2.24) is 4.90 Å². The molecular weight excluding hydrogens is 495 g/mol. The van der Waals surface area contributed by atoms with Crippen molar-refractivity contribution in [1.29, 1.82) is 0 Å². The van der Waals surface area contributed by atoms with Crippen LogP contribution < -0.4 is 9.80 Å². The number of benzene rings is 3. The quantitative estimate of drug-likeness (QED) is 0.280. The van der Waals surface area contributed by atoms with E-state index in [2.05, 4.69) is 4.90 Å². The van der Waals surface area contributed by atoms with Crippen LogP contribution >= 0.6 is 11.8 Å². The molecule has 0 spiro atoms. The molecule has 188 valence electrons. The number of carbonyl (C=O) groups excluding carboxylic acids is 2. The molecule has 0 atom stereocenters. The van der Waals surface area contributed by atoms with Crippen LogP contribution in [-0.2, 0) is 9.59 Å². The van der Waals surface area contributed by atoms with Gasteiger partial charge in [-0.15, -0.1) is 0 Å². The Hall–Kier alpha value is -4.18. The van der Waals surface area contributed by atoms with Gasteiger partial charge in [-0.2, -0.15) is 0 Å². The molecule has 37 heavy (non-hydrogen) atoms. The fraction of sp³-hybridized carbons (Fsp3) is 0.185. The molecule has 10 heteroatoms. The van der Waals surface area contributed by atoms with E-state index in [0.29, 0.717) is 42.3 Å². The summed E-state index contributed by atoms with van der Waals surface area (Å²) in [5.41, 5.74) is 1.86. The topological polar surface area (TPSA) is 87.0 Å². The van der Waals surface area contributed by atoms with Crippen molar-refractivity contribution in [3.05, 3.63) is 99.2 Å². The third-order valence-electron chi connectivity index (χ3n) is 6.38. The molecule has 1 saturated heterocycles. The number of halogens is 1. The summed E-state index contributed by atoms with van der Waals surface area (Å²) in [5, 5.41) is 10.9. The van der Waals surface area contributed by atoms with E-state index in [1.165, 1.54) is 40.9 Å². The lowest BCUT2D eigenvalue weighted by molar-refractivity contribution is -0.384. The number of piperazine rings is 1. The highest BCUT2D eigenvalue weighted by atomic mass is 32.2. The van der Waals surface area contributed by atoms with E-state index >= 15 is 0 Å². The Morgan fingerprint density at radius 3 is 2.35 bits per heavy atom. The van der Waals surface area contributed by atoms with E-state index in [1.807, 2.05) is 18.2 Å². The second-order valence-electron chi connectivity index (χ2n) is 8.63. The van der Waals surface area contributed by atoms with Crippen molar-refractivity contribution < 1.29 is 18.9 Å².